The third-order valence-electron chi connectivity index (χ3n) is 4.30. The predicted octanol–water partition coefficient (Wildman–Crippen LogP) is 3.66. The summed E-state index contributed by atoms with van der Waals surface area (Å²) in [6.07, 6.45) is 2.61. The number of cyclic esters (lactones) is 1. The second-order valence-electron chi connectivity index (χ2n) is 6.36. The Morgan fingerprint density at radius 3 is 2.44 bits per heavy atom. The number of ether oxygens (including phenoxy) is 2. The van der Waals surface area contributed by atoms with Gasteiger partial charge in [-0.15, -0.1) is 0 Å². The van der Waals surface area contributed by atoms with Crippen LogP contribution in [0.4, 0.5) is 4.39 Å². The van der Waals surface area contributed by atoms with Crippen molar-refractivity contribution in [3.8, 4) is 5.75 Å². The number of halogens is 1. The van der Waals surface area contributed by atoms with Gasteiger partial charge in [0.25, 0.3) is 0 Å². The van der Waals surface area contributed by atoms with E-state index >= 15 is 0 Å². The molecule has 0 unspecified atom stereocenters. The average molecular weight is 390 g/mol. The van der Waals surface area contributed by atoms with Gasteiger partial charge in [-0.1, -0.05) is 13.0 Å². The van der Waals surface area contributed by atoms with Crippen molar-refractivity contribution in [1.82, 2.24) is 0 Å². The standard InChI is InChI=1S/C20H19FO5S/c1-4-13-10-19(27(3,23)24)12(2)9-16(13)17-11-18(20(22)26-17)25-15-7-5-14(21)6-8-15/h5-11,17H,4H2,1-3H3/t17-/m1/s1. The van der Waals surface area contributed by atoms with E-state index in [9.17, 15) is 17.6 Å². The number of hydrogen-bond acceptors (Lipinski definition) is 5. The van der Waals surface area contributed by atoms with Crippen LogP contribution in [-0.2, 0) is 25.8 Å². The van der Waals surface area contributed by atoms with Gasteiger partial charge in [0.2, 0.25) is 5.76 Å². The summed E-state index contributed by atoms with van der Waals surface area (Å²) in [5, 5.41) is 0. The first-order valence-corrected chi connectivity index (χ1v) is 10.3. The first-order chi connectivity index (χ1) is 12.7. The van der Waals surface area contributed by atoms with Crippen LogP contribution in [0.2, 0.25) is 0 Å². The molecule has 1 aliphatic rings. The molecule has 0 amide bonds. The first-order valence-electron chi connectivity index (χ1n) is 8.38. The van der Waals surface area contributed by atoms with Gasteiger partial charge in [0.05, 0.1) is 4.90 Å². The summed E-state index contributed by atoms with van der Waals surface area (Å²) >= 11 is 0. The van der Waals surface area contributed by atoms with Crippen LogP contribution < -0.4 is 4.74 Å². The van der Waals surface area contributed by atoms with Gasteiger partial charge in [-0.3, -0.25) is 0 Å². The van der Waals surface area contributed by atoms with Gasteiger partial charge in [-0.2, -0.15) is 0 Å². The van der Waals surface area contributed by atoms with Gasteiger partial charge in [0.1, 0.15) is 17.7 Å². The van der Waals surface area contributed by atoms with Crippen LogP contribution in [0.15, 0.2) is 53.1 Å². The van der Waals surface area contributed by atoms with Gasteiger partial charge >= 0.3 is 5.97 Å². The zero-order valence-corrected chi connectivity index (χ0v) is 16.0. The summed E-state index contributed by atoms with van der Waals surface area (Å²) in [6, 6.07) is 8.65. The van der Waals surface area contributed by atoms with Gasteiger partial charge in [0, 0.05) is 17.9 Å². The molecule has 1 atom stereocenters. The summed E-state index contributed by atoms with van der Waals surface area (Å²) in [5.41, 5.74) is 2.08. The van der Waals surface area contributed by atoms with Gasteiger partial charge in [0.15, 0.2) is 9.84 Å². The Balaban J connectivity index is 1.94. The lowest BCUT2D eigenvalue weighted by atomic mass is 9.98. The van der Waals surface area contributed by atoms with E-state index in [1.165, 1.54) is 30.5 Å². The van der Waals surface area contributed by atoms with Crippen LogP contribution in [0, 0.1) is 12.7 Å². The topological polar surface area (TPSA) is 69.7 Å². The molecule has 0 radical (unpaired) electrons. The highest BCUT2D eigenvalue weighted by Gasteiger charge is 2.31. The maximum atomic E-state index is 13.0. The number of hydrogen-bond donors (Lipinski definition) is 0. The molecule has 1 heterocycles. The fourth-order valence-corrected chi connectivity index (χ4v) is 3.99. The van der Waals surface area contributed by atoms with Crippen molar-refractivity contribution >= 4 is 15.8 Å². The number of carbonyl (C=O) groups excluding carboxylic acids is 1. The van der Waals surface area contributed by atoms with Crippen molar-refractivity contribution in [2.75, 3.05) is 6.26 Å². The molecule has 0 aromatic heterocycles. The Kier molecular flexibility index (Phi) is 5.06. The van der Waals surface area contributed by atoms with Crippen molar-refractivity contribution in [3.63, 3.8) is 0 Å². The molecular formula is C20H19FO5S. The largest absolute Gasteiger partial charge is 0.450 e. The zero-order chi connectivity index (χ0) is 19.8. The minimum absolute atomic E-state index is 0.0125. The third kappa shape index (κ3) is 4.03. The maximum absolute atomic E-state index is 13.0. The normalized spacial score (nSPS) is 16.8. The monoisotopic (exact) mass is 390 g/mol. The fourth-order valence-electron chi connectivity index (χ4n) is 2.99. The molecular weight excluding hydrogens is 371 g/mol. The lowest BCUT2D eigenvalue weighted by molar-refractivity contribution is -0.141. The SMILES string of the molecule is CCc1cc(S(C)(=O)=O)c(C)cc1[C@H]1C=C(Oc2ccc(F)cc2)C(=O)O1. The fraction of sp³-hybridized carbons (Fsp3) is 0.250. The summed E-state index contributed by atoms with van der Waals surface area (Å²) < 4.78 is 47.8. The van der Waals surface area contributed by atoms with E-state index in [0.717, 1.165) is 5.56 Å². The lowest BCUT2D eigenvalue weighted by Gasteiger charge is -2.16. The molecule has 3 rings (SSSR count). The zero-order valence-electron chi connectivity index (χ0n) is 15.2. The number of carbonyl (C=O) groups is 1. The highest BCUT2D eigenvalue weighted by atomic mass is 32.2. The number of aryl methyl sites for hydroxylation is 2. The van der Waals surface area contributed by atoms with Crippen LogP contribution in [0.5, 0.6) is 5.75 Å². The van der Waals surface area contributed by atoms with Crippen LogP contribution in [0.3, 0.4) is 0 Å². The van der Waals surface area contributed by atoms with Crippen molar-refractivity contribution in [1.29, 1.82) is 0 Å². The molecule has 27 heavy (non-hydrogen) atoms. The minimum atomic E-state index is -3.35. The molecule has 0 bridgehead atoms. The minimum Gasteiger partial charge on any atom is -0.450 e. The number of esters is 1. The molecule has 0 saturated heterocycles. The van der Waals surface area contributed by atoms with E-state index < -0.39 is 27.7 Å². The van der Waals surface area contributed by atoms with Crippen LogP contribution in [-0.4, -0.2) is 20.6 Å². The summed E-state index contributed by atoms with van der Waals surface area (Å²) in [5.74, 6) is -0.702. The smallest absolute Gasteiger partial charge is 0.375 e. The summed E-state index contributed by atoms with van der Waals surface area (Å²) in [4.78, 5) is 12.4. The summed E-state index contributed by atoms with van der Waals surface area (Å²) in [7, 11) is -3.35. The molecule has 0 spiro atoms. The first kappa shape index (κ1) is 19.1. The highest BCUT2D eigenvalue weighted by Crippen LogP contribution is 2.34. The van der Waals surface area contributed by atoms with Gasteiger partial charge < -0.3 is 9.47 Å². The van der Waals surface area contributed by atoms with Crippen molar-refractivity contribution in [3.05, 3.63) is 70.7 Å². The van der Waals surface area contributed by atoms with Crippen molar-refractivity contribution in [2.45, 2.75) is 31.3 Å². The predicted molar refractivity (Wildman–Crippen MR) is 97.6 cm³/mol. The van der Waals surface area contributed by atoms with Crippen LogP contribution in [0.1, 0.15) is 29.7 Å². The van der Waals surface area contributed by atoms with E-state index in [-0.39, 0.29) is 10.7 Å². The molecule has 0 aliphatic carbocycles. The average Bonchev–Trinajstić information content (AvgIpc) is 2.96. The molecule has 0 N–H and O–H groups in total. The highest BCUT2D eigenvalue weighted by molar-refractivity contribution is 7.90. The van der Waals surface area contributed by atoms with Crippen LogP contribution in [0.25, 0.3) is 0 Å². The quantitative estimate of drug-likeness (QED) is 0.729. The van der Waals surface area contributed by atoms with E-state index in [4.69, 9.17) is 9.47 Å². The number of benzene rings is 2. The molecule has 142 valence electrons. The Morgan fingerprint density at radius 1 is 1.19 bits per heavy atom. The van der Waals surface area contributed by atoms with E-state index in [2.05, 4.69) is 0 Å². The molecule has 0 fully saturated rings. The van der Waals surface area contributed by atoms with Gasteiger partial charge in [-0.05, 0) is 54.8 Å². The Morgan fingerprint density at radius 2 is 1.85 bits per heavy atom. The molecule has 0 saturated carbocycles. The molecule has 1 aliphatic heterocycles. The molecule has 7 heteroatoms. The number of sulfone groups is 1. The molecule has 2 aromatic rings. The summed E-state index contributed by atoms with van der Waals surface area (Å²) in [6.45, 7) is 3.60. The van der Waals surface area contributed by atoms with E-state index in [1.54, 1.807) is 25.1 Å². The molecule has 2 aromatic carbocycles. The van der Waals surface area contributed by atoms with Gasteiger partial charge in [-0.25, -0.2) is 17.6 Å². The third-order valence-corrected chi connectivity index (χ3v) is 5.54. The van der Waals surface area contributed by atoms with Crippen molar-refractivity contribution < 1.29 is 27.1 Å². The molecule has 5 nitrogen and oxygen atoms in total. The number of rotatable bonds is 5. The second kappa shape index (κ2) is 7.15. The Hall–Kier alpha value is -2.67. The second-order valence-corrected chi connectivity index (χ2v) is 8.34. The Bertz CT molecular complexity index is 1020. The lowest BCUT2D eigenvalue weighted by Crippen LogP contribution is -2.09. The Labute approximate surface area is 157 Å². The van der Waals surface area contributed by atoms with Crippen LogP contribution >= 0.6 is 0 Å². The van der Waals surface area contributed by atoms with E-state index in [0.29, 0.717) is 23.3 Å². The maximum Gasteiger partial charge on any atom is 0.375 e. The van der Waals surface area contributed by atoms with E-state index in [1.807, 2.05) is 6.92 Å². The van der Waals surface area contributed by atoms with Crippen molar-refractivity contribution in [2.24, 2.45) is 0 Å².